The Labute approximate surface area is 186 Å². The van der Waals surface area contributed by atoms with Crippen LogP contribution >= 0.6 is 0 Å². The van der Waals surface area contributed by atoms with Crippen molar-refractivity contribution >= 4 is 28.4 Å². The third-order valence-corrected chi connectivity index (χ3v) is 5.46. The largest absolute Gasteiger partial charge is 0.457 e. The lowest BCUT2D eigenvalue weighted by Crippen LogP contribution is -2.44. The van der Waals surface area contributed by atoms with Gasteiger partial charge in [0.2, 0.25) is 0 Å². The van der Waals surface area contributed by atoms with Crippen LogP contribution in [0.4, 0.5) is 24.5 Å². The molecule has 1 saturated heterocycles. The molecule has 1 fully saturated rings. The van der Waals surface area contributed by atoms with Crippen LogP contribution in [0.25, 0.3) is 11.0 Å². The van der Waals surface area contributed by atoms with Crippen LogP contribution in [0.5, 0.6) is 0 Å². The number of halogens is 3. The molecule has 2 atom stereocenters. The average Bonchev–Trinajstić information content (AvgIpc) is 2.77. The lowest BCUT2D eigenvalue weighted by Gasteiger charge is -2.37. The summed E-state index contributed by atoms with van der Waals surface area (Å²) in [4.78, 5) is 32.7. The molecule has 172 valence electrons. The van der Waals surface area contributed by atoms with Gasteiger partial charge in [-0.05, 0) is 36.6 Å². The highest BCUT2D eigenvalue weighted by atomic mass is 19.4. The first-order valence-electron chi connectivity index (χ1n) is 10.1. The maximum atomic E-state index is 13.4. The molecule has 11 heteroatoms. The Morgan fingerprint density at radius 2 is 1.76 bits per heavy atom. The maximum absolute atomic E-state index is 13.4. The SMILES string of the molecule is CC1CC(OC(=O)c2ccc([N+](=O)[O-])cc2)CN(c2ccc(C(F)(F)F)c3nccnc23)C1. The lowest BCUT2D eigenvalue weighted by molar-refractivity contribution is -0.384. The molecule has 0 aliphatic carbocycles. The number of nitro benzene ring substituents is 1. The number of alkyl halides is 3. The fourth-order valence-corrected chi connectivity index (χ4v) is 4.04. The van der Waals surface area contributed by atoms with Crippen LogP contribution < -0.4 is 4.90 Å². The molecule has 3 aromatic rings. The van der Waals surface area contributed by atoms with Crippen LogP contribution in [0, 0.1) is 16.0 Å². The van der Waals surface area contributed by atoms with Crippen LogP contribution in [0.3, 0.4) is 0 Å². The molecular formula is C22H19F3N4O4. The smallest absolute Gasteiger partial charge is 0.418 e. The summed E-state index contributed by atoms with van der Waals surface area (Å²) in [5.41, 5.74) is -0.452. The summed E-state index contributed by atoms with van der Waals surface area (Å²) >= 11 is 0. The van der Waals surface area contributed by atoms with E-state index in [1.807, 2.05) is 11.8 Å². The first kappa shape index (κ1) is 22.4. The van der Waals surface area contributed by atoms with Gasteiger partial charge in [-0.1, -0.05) is 6.92 Å². The third kappa shape index (κ3) is 4.71. The van der Waals surface area contributed by atoms with Crippen molar-refractivity contribution in [2.75, 3.05) is 18.0 Å². The molecule has 0 spiro atoms. The molecule has 2 aromatic carbocycles. The highest BCUT2D eigenvalue weighted by Crippen LogP contribution is 2.38. The predicted octanol–water partition coefficient (Wildman–Crippen LogP) is 4.63. The number of nitrogens with zero attached hydrogens (tertiary/aromatic N) is 4. The Kier molecular flexibility index (Phi) is 5.88. The van der Waals surface area contributed by atoms with Gasteiger partial charge in [-0.25, -0.2) is 4.79 Å². The Bertz CT molecular complexity index is 1200. The highest BCUT2D eigenvalue weighted by Gasteiger charge is 2.35. The zero-order valence-corrected chi connectivity index (χ0v) is 17.5. The zero-order valence-electron chi connectivity index (χ0n) is 17.5. The second-order valence-corrected chi connectivity index (χ2v) is 7.96. The standard InChI is InChI=1S/C22H19F3N4O4/c1-13-10-16(33-21(30)14-2-4-15(5-3-14)29(31)32)12-28(11-13)18-7-6-17(22(23,24)25)19-20(18)27-9-8-26-19/h2-9,13,16H,10-12H2,1H3. The van der Waals surface area contributed by atoms with Gasteiger partial charge in [0.05, 0.1) is 28.3 Å². The molecule has 33 heavy (non-hydrogen) atoms. The van der Waals surface area contributed by atoms with E-state index in [2.05, 4.69) is 9.97 Å². The normalized spacial score (nSPS) is 18.8. The highest BCUT2D eigenvalue weighted by molar-refractivity contribution is 5.91. The number of anilines is 1. The zero-order chi connectivity index (χ0) is 23.8. The molecule has 2 unspecified atom stereocenters. The Balaban J connectivity index is 1.57. The van der Waals surface area contributed by atoms with E-state index in [1.165, 1.54) is 42.7 Å². The van der Waals surface area contributed by atoms with E-state index in [-0.39, 0.29) is 34.7 Å². The fraction of sp³-hybridized carbons (Fsp3) is 0.318. The van der Waals surface area contributed by atoms with Crippen molar-refractivity contribution in [1.29, 1.82) is 0 Å². The summed E-state index contributed by atoms with van der Waals surface area (Å²) in [7, 11) is 0. The minimum Gasteiger partial charge on any atom is -0.457 e. The van der Waals surface area contributed by atoms with Crippen LogP contribution in [-0.4, -0.2) is 40.1 Å². The van der Waals surface area contributed by atoms with Crippen molar-refractivity contribution < 1.29 is 27.6 Å². The summed E-state index contributed by atoms with van der Waals surface area (Å²) < 4.78 is 45.9. The van der Waals surface area contributed by atoms with Gasteiger partial charge in [0.25, 0.3) is 5.69 Å². The van der Waals surface area contributed by atoms with E-state index in [0.717, 1.165) is 6.07 Å². The number of hydrogen-bond donors (Lipinski definition) is 0. The van der Waals surface area contributed by atoms with Crippen molar-refractivity contribution in [1.82, 2.24) is 9.97 Å². The topological polar surface area (TPSA) is 98.5 Å². The number of nitro groups is 1. The number of benzene rings is 2. The van der Waals surface area contributed by atoms with E-state index >= 15 is 0 Å². The molecule has 8 nitrogen and oxygen atoms in total. The van der Waals surface area contributed by atoms with Crippen molar-refractivity contribution in [2.24, 2.45) is 5.92 Å². The quantitative estimate of drug-likeness (QED) is 0.318. The Morgan fingerprint density at radius 3 is 2.39 bits per heavy atom. The molecule has 0 amide bonds. The number of non-ortho nitro benzene ring substituents is 1. The Morgan fingerprint density at radius 1 is 1.09 bits per heavy atom. The van der Waals surface area contributed by atoms with Crippen LogP contribution in [0.15, 0.2) is 48.8 Å². The summed E-state index contributed by atoms with van der Waals surface area (Å²) in [6, 6.07) is 7.45. The van der Waals surface area contributed by atoms with Gasteiger partial charge in [-0.2, -0.15) is 13.2 Å². The summed E-state index contributed by atoms with van der Waals surface area (Å²) in [5, 5.41) is 10.8. The van der Waals surface area contributed by atoms with Gasteiger partial charge >= 0.3 is 12.1 Å². The minimum absolute atomic E-state index is 0.0856. The van der Waals surface area contributed by atoms with Gasteiger partial charge in [-0.3, -0.25) is 20.1 Å². The number of rotatable bonds is 4. The number of aromatic nitrogens is 2. The van der Waals surface area contributed by atoms with E-state index in [4.69, 9.17) is 4.74 Å². The maximum Gasteiger partial charge on any atom is 0.418 e. The molecular weight excluding hydrogens is 441 g/mol. The molecule has 4 rings (SSSR count). The average molecular weight is 460 g/mol. The van der Waals surface area contributed by atoms with Crippen LogP contribution in [0.1, 0.15) is 29.3 Å². The number of ether oxygens (including phenoxy) is 1. The molecule has 0 radical (unpaired) electrons. The van der Waals surface area contributed by atoms with Crippen molar-refractivity contribution in [3.8, 4) is 0 Å². The van der Waals surface area contributed by atoms with E-state index in [1.54, 1.807) is 0 Å². The van der Waals surface area contributed by atoms with Crippen molar-refractivity contribution in [3.05, 3.63) is 70.0 Å². The van der Waals surface area contributed by atoms with E-state index in [0.29, 0.717) is 18.7 Å². The van der Waals surface area contributed by atoms with Gasteiger partial charge in [-0.15, -0.1) is 0 Å². The summed E-state index contributed by atoms with van der Waals surface area (Å²) in [5.74, 6) is -0.538. The number of esters is 1. The molecule has 0 N–H and O–H groups in total. The fourth-order valence-electron chi connectivity index (χ4n) is 4.04. The minimum atomic E-state index is -4.56. The van der Waals surface area contributed by atoms with Crippen LogP contribution in [0.2, 0.25) is 0 Å². The molecule has 2 heterocycles. The molecule has 1 aliphatic rings. The Hall–Kier alpha value is -3.76. The van der Waals surface area contributed by atoms with Crippen molar-refractivity contribution in [2.45, 2.75) is 25.6 Å². The van der Waals surface area contributed by atoms with Gasteiger partial charge < -0.3 is 9.64 Å². The third-order valence-electron chi connectivity index (χ3n) is 5.46. The lowest BCUT2D eigenvalue weighted by atomic mass is 9.96. The number of carbonyl (C=O) groups excluding carboxylic acids is 1. The molecule has 1 aliphatic heterocycles. The van der Waals surface area contributed by atoms with Gasteiger partial charge in [0.15, 0.2) is 0 Å². The monoisotopic (exact) mass is 460 g/mol. The number of hydrogen-bond acceptors (Lipinski definition) is 7. The predicted molar refractivity (Wildman–Crippen MR) is 113 cm³/mol. The molecule has 0 bridgehead atoms. The number of piperidine rings is 1. The molecule has 0 saturated carbocycles. The first-order chi connectivity index (χ1) is 15.6. The second-order valence-electron chi connectivity index (χ2n) is 7.96. The second kappa shape index (κ2) is 8.64. The van der Waals surface area contributed by atoms with E-state index in [9.17, 15) is 28.1 Å². The van der Waals surface area contributed by atoms with Gasteiger partial charge in [0.1, 0.15) is 17.1 Å². The van der Waals surface area contributed by atoms with Gasteiger partial charge in [0, 0.05) is 31.1 Å². The first-order valence-corrected chi connectivity index (χ1v) is 10.1. The summed E-state index contributed by atoms with van der Waals surface area (Å²) in [6.45, 7) is 2.76. The van der Waals surface area contributed by atoms with Crippen molar-refractivity contribution in [3.63, 3.8) is 0 Å². The summed E-state index contributed by atoms with van der Waals surface area (Å²) in [6.07, 6.45) is -1.96. The van der Waals surface area contributed by atoms with Crippen LogP contribution in [-0.2, 0) is 10.9 Å². The number of carbonyl (C=O) groups is 1. The molecule has 1 aromatic heterocycles. The van der Waals surface area contributed by atoms with E-state index < -0.39 is 28.7 Å². The number of fused-ring (bicyclic) bond motifs is 1.